The molecule has 0 heterocycles. The highest BCUT2D eigenvalue weighted by Gasteiger charge is 2.01. The van der Waals surface area contributed by atoms with Gasteiger partial charge in [-0.15, -0.1) is 0 Å². The van der Waals surface area contributed by atoms with Gasteiger partial charge >= 0.3 is 0 Å². The number of ketones is 1. The molecule has 0 amide bonds. The van der Waals surface area contributed by atoms with Gasteiger partial charge in [-0.2, -0.15) is 0 Å². The van der Waals surface area contributed by atoms with Crippen LogP contribution in [0.2, 0.25) is 0 Å². The van der Waals surface area contributed by atoms with Gasteiger partial charge in [0.25, 0.3) is 0 Å². The van der Waals surface area contributed by atoms with Gasteiger partial charge in [-0.3, -0.25) is 4.79 Å². The van der Waals surface area contributed by atoms with Crippen LogP contribution in [0.25, 0.3) is 0 Å². The first-order valence-electron chi connectivity index (χ1n) is 5.96. The Morgan fingerprint density at radius 2 is 2.00 bits per heavy atom. The van der Waals surface area contributed by atoms with E-state index in [0.717, 1.165) is 19.3 Å². The van der Waals surface area contributed by atoms with Crippen LogP contribution in [0.15, 0.2) is 30.3 Å². The Kier molecular flexibility index (Phi) is 6.50. The lowest BCUT2D eigenvalue weighted by atomic mass is 10.1. The molecule has 0 atom stereocenters. The second kappa shape index (κ2) is 8.05. The van der Waals surface area contributed by atoms with E-state index in [-0.39, 0.29) is 12.4 Å². The summed E-state index contributed by atoms with van der Waals surface area (Å²) >= 11 is 0. The molecule has 88 valence electrons. The molecule has 0 bridgehead atoms. The van der Waals surface area contributed by atoms with Crippen molar-refractivity contribution in [2.45, 2.75) is 32.6 Å². The number of hydrogen-bond acceptors (Lipinski definition) is 2. The average Bonchev–Trinajstić information content (AvgIpc) is 2.31. The van der Waals surface area contributed by atoms with Crippen molar-refractivity contribution in [2.75, 3.05) is 13.2 Å². The highest BCUT2D eigenvalue weighted by Crippen LogP contribution is 2.04. The quantitative estimate of drug-likeness (QED) is 0.629. The molecule has 0 unspecified atom stereocenters. The Morgan fingerprint density at radius 1 is 1.25 bits per heavy atom. The third-order valence-electron chi connectivity index (χ3n) is 2.38. The molecule has 0 saturated heterocycles. The van der Waals surface area contributed by atoms with E-state index in [1.807, 2.05) is 25.1 Å². The van der Waals surface area contributed by atoms with Crippen molar-refractivity contribution in [3.8, 4) is 0 Å². The molecule has 1 rings (SSSR count). The molecule has 0 N–H and O–H groups in total. The normalized spacial score (nSPS) is 10.3. The highest BCUT2D eigenvalue weighted by atomic mass is 16.5. The number of carbonyl (C=O) groups is 1. The number of ether oxygens (including phenoxy) is 1. The monoisotopic (exact) mass is 220 g/mol. The maximum absolute atomic E-state index is 11.4. The maximum Gasteiger partial charge on any atom is 0.158 e. The molecule has 0 saturated carbocycles. The van der Waals surface area contributed by atoms with Crippen molar-refractivity contribution in [2.24, 2.45) is 0 Å². The van der Waals surface area contributed by atoms with Crippen LogP contribution in [0.5, 0.6) is 0 Å². The van der Waals surface area contributed by atoms with Crippen LogP contribution < -0.4 is 0 Å². The molecule has 1 aromatic rings. The second-order valence-corrected chi connectivity index (χ2v) is 3.93. The van der Waals surface area contributed by atoms with Gasteiger partial charge in [0.2, 0.25) is 0 Å². The average molecular weight is 220 g/mol. The van der Waals surface area contributed by atoms with Crippen LogP contribution in [-0.4, -0.2) is 19.0 Å². The van der Waals surface area contributed by atoms with Gasteiger partial charge in [0.05, 0.1) is 0 Å². The molecule has 1 aromatic carbocycles. The first-order chi connectivity index (χ1) is 7.83. The summed E-state index contributed by atoms with van der Waals surface area (Å²) in [5.74, 6) is 0.212. The minimum Gasteiger partial charge on any atom is -0.374 e. The Labute approximate surface area is 97.6 Å². The summed E-state index contributed by atoms with van der Waals surface area (Å²) < 4.78 is 5.20. The predicted octanol–water partition coefficient (Wildman–Crippen LogP) is 3.01. The summed E-state index contributed by atoms with van der Waals surface area (Å²) in [7, 11) is 0. The van der Waals surface area contributed by atoms with E-state index in [2.05, 4.69) is 12.1 Å². The summed E-state index contributed by atoms with van der Waals surface area (Å²) in [6, 6.07) is 10.3. The zero-order valence-corrected chi connectivity index (χ0v) is 9.95. The first kappa shape index (κ1) is 12.9. The Bertz CT molecular complexity index is 293. The van der Waals surface area contributed by atoms with Crippen molar-refractivity contribution >= 4 is 5.78 Å². The second-order valence-electron chi connectivity index (χ2n) is 3.93. The minimum atomic E-state index is 0.212. The van der Waals surface area contributed by atoms with Crippen molar-refractivity contribution in [3.05, 3.63) is 35.9 Å². The van der Waals surface area contributed by atoms with Gasteiger partial charge in [-0.05, 0) is 24.8 Å². The molecular formula is C14H20O2. The molecule has 0 spiro atoms. The fourth-order valence-corrected chi connectivity index (χ4v) is 1.54. The van der Waals surface area contributed by atoms with Crippen molar-refractivity contribution in [3.63, 3.8) is 0 Å². The standard InChI is InChI=1S/C14H20O2/c1-2-11-16-12-14(15)10-6-9-13-7-4-3-5-8-13/h3-5,7-8H,2,6,9-12H2,1H3. The number of aryl methyl sites for hydroxylation is 1. The van der Waals surface area contributed by atoms with E-state index in [1.54, 1.807) is 0 Å². The largest absolute Gasteiger partial charge is 0.374 e. The summed E-state index contributed by atoms with van der Waals surface area (Å²) in [6.45, 7) is 3.01. The molecule has 0 aromatic heterocycles. The van der Waals surface area contributed by atoms with Gasteiger partial charge in [0.15, 0.2) is 5.78 Å². The number of rotatable bonds is 8. The predicted molar refractivity (Wildman–Crippen MR) is 65.5 cm³/mol. The molecule has 0 aliphatic heterocycles. The maximum atomic E-state index is 11.4. The fraction of sp³-hybridized carbons (Fsp3) is 0.500. The van der Waals surface area contributed by atoms with E-state index < -0.39 is 0 Å². The van der Waals surface area contributed by atoms with Crippen LogP contribution in [0, 0.1) is 0 Å². The van der Waals surface area contributed by atoms with Crippen molar-refractivity contribution < 1.29 is 9.53 Å². The van der Waals surface area contributed by atoms with Gasteiger partial charge in [-0.1, -0.05) is 37.3 Å². The van der Waals surface area contributed by atoms with Crippen LogP contribution in [0.1, 0.15) is 31.7 Å². The first-order valence-corrected chi connectivity index (χ1v) is 5.96. The lowest BCUT2D eigenvalue weighted by Gasteiger charge is -2.02. The highest BCUT2D eigenvalue weighted by molar-refractivity contribution is 5.79. The van der Waals surface area contributed by atoms with E-state index in [1.165, 1.54) is 5.56 Å². The number of hydrogen-bond donors (Lipinski definition) is 0. The van der Waals surface area contributed by atoms with Crippen LogP contribution >= 0.6 is 0 Å². The van der Waals surface area contributed by atoms with Gasteiger partial charge in [0.1, 0.15) is 6.61 Å². The van der Waals surface area contributed by atoms with E-state index in [4.69, 9.17) is 4.74 Å². The molecule has 16 heavy (non-hydrogen) atoms. The topological polar surface area (TPSA) is 26.3 Å². The summed E-state index contributed by atoms with van der Waals surface area (Å²) in [5.41, 5.74) is 1.30. The van der Waals surface area contributed by atoms with Gasteiger partial charge in [-0.25, -0.2) is 0 Å². The van der Waals surface area contributed by atoms with Crippen LogP contribution in [0.3, 0.4) is 0 Å². The fourth-order valence-electron chi connectivity index (χ4n) is 1.54. The van der Waals surface area contributed by atoms with Crippen LogP contribution in [-0.2, 0) is 16.0 Å². The molecule has 0 aliphatic rings. The summed E-state index contributed by atoms with van der Waals surface area (Å²) in [6.07, 6.45) is 3.48. The molecule has 0 fully saturated rings. The minimum absolute atomic E-state index is 0.212. The summed E-state index contributed by atoms with van der Waals surface area (Å²) in [5, 5.41) is 0. The number of benzene rings is 1. The molecule has 0 aliphatic carbocycles. The van der Waals surface area contributed by atoms with Gasteiger partial charge in [0, 0.05) is 13.0 Å². The van der Waals surface area contributed by atoms with Crippen molar-refractivity contribution in [1.82, 2.24) is 0 Å². The SMILES string of the molecule is CCCOCC(=O)CCCc1ccccc1. The van der Waals surface area contributed by atoms with E-state index in [9.17, 15) is 4.79 Å². The third kappa shape index (κ3) is 5.66. The van der Waals surface area contributed by atoms with E-state index >= 15 is 0 Å². The zero-order valence-electron chi connectivity index (χ0n) is 9.95. The Hall–Kier alpha value is -1.15. The van der Waals surface area contributed by atoms with Crippen LogP contribution in [0.4, 0.5) is 0 Å². The van der Waals surface area contributed by atoms with Crippen molar-refractivity contribution in [1.29, 1.82) is 0 Å². The third-order valence-corrected chi connectivity index (χ3v) is 2.38. The van der Waals surface area contributed by atoms with Gasteiger partial charge < -0.3 is 4.74 Å². The van der Waals surface area contributed by atoms with E-state index in [0.29, 0.717) is 13.0 Å². The summed E-state index contributed by atoms with van der Waals surface area (Å²) in [4.78, 5) is 11.4. The number of Topliss-reactive ketones (excluding diaryl/α,β-unsaturated/α-hetero) is 1. The Morgan fingerprint density at radius 3 is 2.69 bits per heavy atom. The lowest BCUT2D eigenvalue weighted by molar-refractivity contribution is -0.123. The lowest BCUT2D eigenvalue weighted by Crippen LogP contribution is -2.09. The Balaban J connectivity index is 2.09. The zero-order chi connectivity index (χ0) is 11.6. The molecular weight excluding hydrogens is 200 g/mol. The molecule has 2 heteroatoms. The smallest absolute Gasteiger partial charge is 0.158 e. The number of carbonyl (C=O) groups excluding carboxylic acids is 1. The molecule has 0 radical (unpaired) electrons. The molecule has 2 nitrogen and oxygen atoms in total.